The lowest BCUT2D eigenvalue weighted by Crippen LogP contribution is -2.19. The fraction of sp³-hybridized carbons (Fsp3) is 0.188. The van der Waals surface area contributed by atoms with Crippen LogP contribution in [-0.4, -0.2) is 28.6 Å². The quantitative estimate of drug-likeness (QED) is 0.619. The van der Waals surface area contributed by atoms with Crippen LogP contribution in [-0.2, 0) is 0 Å². The predicted octanol–water partition coefficient (Wildman–Crippen LogP) is 4.59. The van der Waals surface area contributed by atoms with Crippen LogP contribution in [0, 0.1) is 0 Å². The van der Waals surface area contributed by atoms with Crippen molar-refractivity contribution >= 4 is 49.2 Å². The van der Waals surface area contributed by atoms with Gasteiger partial charge in [0, 0.05) is 10.2 Å². The van der Waals surface area contributed by atoms with Crippen molar-refractivity contribution in [3.05, 3.63) is 53.0 Å². The van der Waals surface area contributed by atoms with Crippen LogP contribution in [0.3, 0.4) is 0 Å². The van der Waals surface area contributed by atoms with Gasteiger partial charge in [-0.25, -0.2) is 4.98 Å². The van der Waals surface area contributed by atoms with Crippen LogP contribution in [0.15, 0.2) is 57.3 Å². The van der Waals surface area contributed by atoms with Crippen molar-refractivity contribution in [3.63, 3.8) is 0 Å². The molecular formula is C16H14BrNO2S2. The summed E-state index contributed by atoms with van der Waals surface area (Å²) >= 11 is 6.59. The smallest absolute Gasteiger partial charge is 0.151 e. The Balaban J connectivity index is 1.49. The number of aliphatic hydroxyl groups is 1. The number of halogens is 1. The molecule has 0 saturated carbocycles. The first kappa shape index (κ1) is 15.8. The average Bonchev–Trinajstić information content (AvgIpc) is 2.95. The Labute approximate surface area is 145 Å². The molecule has 0 radical (unpaired) electrons. The molecular weight excluding hydrogens is 382 g/mol. The maximum Gasteiger partial charge on any atom is 0.151 e. The monoisotopic (exact) mass is 395 g/mol. The number of para-hydroxylation sites is 1. The lowest BCUT2D eigenvalue weighted by atomic mass is 10.3. The number of ether oxygens (including phenoxy) is 1. The van der Waals surface area contributed by atoms with E-state index in [1.54, 1.807) is 23.1 Å². The molecule has 0 spiro atoms. The van der Waals surface area contributed by atoms with E-state index >= 15 is 0 Å². The van der Waals surface area contributed by atoms with E-state index in [1.807, 2.05) is 42.5 Å². The maximum atomic E-state index is 10.0. The topological polar surface area (TPSA) is 42.4 Å². The van der Waals surface area contributed by atoms with Crippen molar-refractivity contribution < 1.29 is 9.84 Å². The highest BCUT2D eigenvalue weighted by Crippen LogP contribution is 2.29. The summed E-state index contributed by atoms with van der Waals surface area (Å²) in [4.78, 5) is 4.54. The van der Waals surface area contributed by atoms with E-state index in [0.29, 0.717) is 5.75 Å². The molecule has 3 nitrogen and oxygen atoms in total. The van der Waals surface area contributed by atoms with Crippen LogP contribution < -0.4 is 4.74 Å². The second kappa shape index (κ2) is 7.46. The minimum absolute atomic E-state index is 0.277. The van der Waals surface area contributed by atoms with Crippen molar-refractivity contribution in [1.82, 2.24) is 4.98 Å². The molecule has 1 unspecified atom stereocenters. The average molecular weight is 396 g/mol. The zero-order valence-corrected chi connectivity index (χ0v) is 14.8. The zero-order valence-electron chi connectivity index (χ0n) is 11.6. The number of aromatic nitrogens is 1. The van der Waals surface area contributed by atoms with Crippen LogP contribution in [0.5, 0.6) is 5.75 Å². The van der Waals surface area contributed by atoms with Crippen LogP contribution >= 0.6 is 39.0 Å². The van der Waals surface area contributed by atoms with Gasteiger partial charge in [-0.15, -0.1) is 11.3 Å². The molecule has 1 atom stereocenters. The lowest BCUT2D eigenvalue weighted by Gasteiger charge is -2.11. The molecule has 1 aromatic heterocycles. The summed E-state index contributed by atoms with van der Waals surface area (Å²) in [5.74, 6) is 1.32. The Morgan fingerprint density at radius 2 is 1.95 bits per heavy atom. The third-order valence-electron chi connectivity index (χ3n) is 2.93. The summed E-state index contributed by atoms with van der Waals surface area (Å²) in [6.07, 6.45) is -0.527. The Kier molecular flexibility index (Phi) is 5.36. The molecule has 0 aliphatic heterocycles. The SMILES string of the molecule is OC(COc1ccc(Br)cc1)CSc1nc2ccccc2s1. The van der Waals surface area contributed by atoms with E-state index < -0.39 is 6.10 Å². The first-order valence-electron chi connectivity index (χ1n) is 6.75. The summed E-state index contributed by atoms with van der Waals surface area (Å²) in [6.45, 7) is 0.277. The van der Waals surface area contributed by atoms with Crippen molar-refractivity contribution in [3.8, 4) is 5.75 Å². The predicted molar refractivity (Wildman–Crippen MR) is 96.0 cm³/mol. The third kappa shape index (κ3) is 4.23. The molecule has 1 heterocycles. The first-order chi connectivity index (χ1) is 10.7. The van der Waals surface area contributed by atoms with Gasteiger partial charge in [0.2, 0.25) is 0 Å². The molecule has 0 aliphatic carbocycles. The maximum absolute atomic E-state index is 10.0. The van der Waals surface area contributed by atoms with Crippen LogP contribution in [0.1, 0.15) is 0 Å². The minimum atomic E-state index is -0.527. The largest absolute Gasteiger partial charge is 0.491 e. The molecule has 6 heteroatoms. The normalized spacial score (nSPS) is 12.5. The van der Waals surface area contributed by atoms with Gasteiger partial charge in [-0.05, 0) is 36.4 Å². The molecule has 3 rings (SSSR count). The molecule has 3 aromatic rings. The lowest BCUT2D eigenvalue weighted by molar-refractivity contribution is 0.126. The molecule has 114 valence electrons. The Bertz CT molecular complexity index is 712. The summed E-state index contributed by atoms with van der Waals surface area (Å²) in [7, 11) is 0. The number of thiazole rings is 1. The van der Waals surface area contributed by atoms with Crippen molar-refractivity contribution in [1.29, 1.82) is 0 Å². The molecule has 0 aliphatic rings. The van der Waals surface area contributed by atoms with Gasteiger partial charge in [-0.1, -0.05) is 39.8 Å². The van der Waals surface area contributed by atoms with Crippen LogP contribution in [0.25, 0.3) is 10.2 Å². The van der Waals surface area contributed by atoms with E-state index in [2.05, 4.69) is 27.0 Å². The molecule has 0 bridgehead atoms. The number of fused-ring (bicyclic) bond motifs is 1. The van der Waals surface area contributed by atoms with Crippen molar-refractivity contribution in [2.45, 2.75) is 10.4 Å². The zero-order chi connectivity index (χ0) is 15.4. The van der Waals surface area contributed by atoms with Gasteiger partial charge in [-0.3, -0.25) is 0 Å². The van der Waals surface area contributed by atoms with E-state index in [0.717, 1.165) is 20.1 Å². The fourth-order valence-electron chi connectivity index (χ4n) is 1.85. The molecule has 0 saturated heterocycles. The van der Waals surface area contributed by atoms with Gasteiger partial charge >= 0.3 is 0 Å². The minimum Gasteiger partial charge on any atom is -0.491 e. The summed E-state index contributed by atoms with van der Waals surface area (Å²) in [5, 5.41) is 10.0. The number of thioether (sulfide) groups is 1. The van der Waals surface area contributed by atoms with E-state index in [-0.39, 0.29) is 6.61 Å². The number of hydrogen-bond donors (Lipinski definition) is 1. The second-order valence-electron chi connectivity index (χ2n) is 4.68. The third-order valence-corrected chi connectivity index (χ3v) is 5.78. The van der Waals surface area contributed by atoms with Gasteiger partial charge in [-0.2, -0.15) is 0 Å². The van der Waals surface area contributed by atoms with Gasteiger partial charge in [0.15, 0.2) is 4.34 Å². The molecule has 22 heavy (non-hydrogen) atoms. The van der Waals surface area contributed by atoms with E-state index in [1.165, 1.54) is 4.70 Å². The summed E-state index contributed by atoms with van der Waals surface area (Å²) in [6, 6.07) is 15.6. The van der Waals surface area contributed by atoms with E-state index in [9.17, 15) is 5.11 Å². The molecule has 0 amide bonds. The molecule has 1 N–H and O–H groups in total. The highest BCUT2D eigenvalue weighted by Gasteiger charge is 2.09. The fourth-order valence-corrected chi connectivity index (χ4v) is 4.12. The Morgan fingerprint density at radius 3 is 2.73 bits per heavy atom. The Hall–Kier alpha value is -1.08. The number of nitrogens with zero attached hydrogens (tertiary/aromatic N) is 1. The van der Waals surface area contributed by atoms with Gasteiger partial charge in [0.1, 0.15) is 12.4 Å². The molecule has 2 aromatic carbocycles. The van der Waals surface area contributed by atoms with Crippen LogP contribution in [0.4, 0.5) is 0 Å². The van der Waals surface area contributed by atoms with Gasteiger partial charge < -0.3 is 9.84 Å². The first-order valence-corrected chi connectivity index (χ1v) is 9.35. The van der Waals surface area contributed by atoms with Crippen LogP contribution in [0.2, 0.25) is 0 Å². The van der Waals surface area contributed by atoms with Gasteiger partial charge in [0.25, 0.3) is 0 Å². The van der Waals surface area contributed by atoms with E-state index in [4.69, 9.17) is 4.74 Å². The number of hydrogen-bond acceptors (Lipinski definition) is 5. The standard InChI is InChI=1S/C16H14BrNO2S2/c17-11-5-7-13(8-6-11)20-9-12(19)10-21-16-18-14-3-1-2-4-15(14)22-16/h1-8,12,19H,9-10H2. The highest BCUT2D eigenvalue weighted by molar-refractivity contribution is 9.10. The molecule has 0 fully saturated rings. The number of aliphatic hydroxyl groups excluding tert-OH is 1. The van der Waals surface area contributed by atoms with Crippen molar-refractivity contribution in [2.75, 3.05) is 12.4 Å². The van der Waals surface area contributed by atoms with Gasteiger partial charge in [0.05, 0.1) is 16.3 Å². The van der Waals surface area contributed by atoms with Crippen molar-refractivity contribution in [2.24, 2.45) is 0 Å². The number of benzene rings is 2. The summed E-state index contributed by atoms with van der Waals surface area (Å²) < 4.78 is 8.72. The summed E-state index contributed by atoms with van der Waals surface area (Å²) in [5.41, 5.74) is 1.01. The second-order valence-corrected chi connectivity index (χ2v) is 7.89. The number of rotatable bonds is 6. The Morgan fingerprint density at radius 1 is 1.18 bits per heavy atom. The highest BCUT2D eigenvalue weighted by atomic mass is 79.9.